The Hall–Kier alpha value is -0.260. The second-order valence-electron chi connectivity index (χ2n) is 8.29. The van der Waals surface area contributed by atoms with Crippen molar-refractivity contribution < 1.29 is 0 Å². The van der Waals surface area contributed by atoms with Crippen molar-refractivity contribution in [1.82, 2.24) is 0 Å². The van der Waals surface area contributed by atoms with Crippen molar-refractivity contribution in [3.05, 3.63) is 11.6 Å². The minimum Gasteiger partial charge on any atom is -0.0853 e. The Morgan fingerprint density at radius 2 is 1.43 bits per heavy atom. The first-order valence-corrected chi connectivity index (χ1v) is 9.83. The molecule has 0 atom stereocenters. The van der Waals surface area contributed by atoms with Crippen LogP contribution in [-0.2, 0) is 0 Å². The van der Waals surface area contributed by atoms with Gasteiger partial charge in [0.1, 0.15) is 0 Å². The summed E-state index contributed by atoms with van der Waals surface area (Å²) in [5.74, 6) is 4.04. The molecule has 0 N–H and O–H groups in total. The van der Waals surface area contributed by atoms with Gasteiger partial charge in [-0.1, -0.05) is 64.0 Å². The average Bonchev–Trinajstić information content (AvgIpc) is 2.49. The smallest absolute Gasteiger partial charge is 0.0295 e. The summed E-state index contributed by atoms with van der Waals surface area (Å²) < 4.78 is 0. The van der Waals surface area contributed by atoms with E-state index in [4.69, 9.17) is 0 Å². The molecule has 2 aliphatic carbocycles. The van der Waals surface area contributed by atoms with Crippen molar-refractivity contribution in [2.45, 2.75) is 97.8 Å². The minimum atomic E-state index is 0.990. The summed E-state index contributed by atoms with van der Waals surface area (Å²) in [4.78, 5) is 0. The highest BCUT2D eigenvalue weighted by molar-refractivity contribution is 5.01. The zero-order valence-corrected chi connectivity index (χ0v) is 14.9. The van der Waals surface area contributed by atoms with Crippen molar-refractivity contribution in [2.24, 2.45) is 23.7 Å². The van der Waals surface area contributed by atoms with Gasteiger partial charge in [0.15, 0.2) is 0 Å². The molecule has 0 radical (unpaired) electrons. The van der Waals surface area contributed by atoms with Crippen LogP contribution in [0.15, 0.2) is 11.6 Å². The van der Waals surface area contributed by atoms with Gasteiger partial charge >= 0.3 is 0 Å². The summed E-state index contributed by atoms with van der Waals surface area (Å²) in [6.45, 7) is 7.15. The summed E-state index contributed by atoms with van der Waals surface area (Å²) in [6.07, 6.45) is 20.1. The third kappa shape index (κ3) is 6.17. The van der Waals surface area contributed by atoms with Gasteiger partial charge in [-0.15, -0.1) is 0 Å². The molecule has 2 aliphatic rings. The second kappa shape index (κ2) is 9.01. The molecule has 0 nitrogen and oxygen atoms in total. The van der Waals surface area contributed by atoms with Crippen LogP contribution in [-0.4, -0.2) is 0 Å². The predicted molar refractivity (Wildman–Crippen MR) is 94.5 cm³/mol. The zero-order valence-electron chi connectivity index (χ0n) is 14.9. The first kappa shape index (κ1) is 17.1. The first-order chi connectivity index (χ1) is 10.2. The number of allylic oxidation sites excluding steroid dienone is 2. The van der Waals surface area contributed by atoms with Gasteiger partial charge in [0.05, 0.1) is 0 Å². The van der Waals surface area contributed by atoms with Crippen molar-refractivity contribution in [2.75, 3.05) is 0 Å². The third-order valence-corrected chi connectivity index (χ3v) is 6.21. The third-order valence-electron chi connectivity index (χ3n) is 6.21. The number of hydrogen-bond donors (Lipinski definition) is 0. The standard InChI is InChI=1S/C21H38/c1-4-5-19-12-14-21(15-13-19)16-18(3)8-11-20-9-6-17(2)7-10-20/h8,17,19-21H,4-7,9-16H2,1-3H3. The molecule has 0 spiro atoms. The van der Waals surface area contributed by atoms with Crippen LogP contribution in [0, 0.1) is 23.7 Å². The van der Waals surface area contributed by atoms with E-state index < -0.39 is 0 Å². The molecular weight excluding hydrogens is 252 g/mol. The fraction of sp³-hybridized carbons (Fsp3) is 0.905. The number of hydrogen-bond acceptors (Lipinski definition) is 0. The normalized spacial score (nSPS) is 34.9. The van der Waals surface area contributed by atoms with Crippen LogP contribution >= 0.6 is 0 Å². The van der Waals surface area contributed by atoms with E-state index in [0.717, 1.165) is 23.7 Å². The molecule has 0 bridgehead atoms. The van der Waals surface area contributed by atoms with E-state index in [9.17, 15) is 0 Å². The summed E-state index contributed by atoms with van der Waals surface area (Å²) in [7, 11) is 0. The molecule has 2 fully saturated rings. The number of rotatable bonds is 6. The molecule has 0 heteroatoms. The fourth-order valence-corrected chi connectivity index (χ4v) is 4.60. The molecule has 0 aromatic rings. The molecule has 0 aromatic carbocycles. The van der Waals surface area contributed by atoms with Crippen molar-refractivity contribution in [3.63, 3.8) is 0 Å². The maximum absolute atomic E-state index is 2.60. The molecule has 0 aliphatic heterocycles. The Bertz CT molecular complexity index is 298. The SMILES string of the molecule is CCCC1CCC(CC(C)=CCC2CCC(C)CC2)CC1. The van der Waals surface area contributed by atoms with Gasteiger partial charge in [0, 0.05) is 0 Å². The van der Waals surface area contributed by atoms with E-state index in [2.05, 4.69) is 26.8 Å². The van der Waals surface area contributed by atoms with Gasteiger partial charge in [-0.05, 0) is 69.1 Å². The van der Waals surface area contributed by atoms with E-state index in [1.165, 1.54) is 77.0 Å². The molecular formula is C21H38. The van der Waals surface area contributed by atoms with E-state index >= 15 is 0 Å². The van der Waals surface area contributed by atoms with Crippen LogP contribution < -0.4 is 0 Å². The second-order valence-corrected chi connectivity index (χ2v) is 8.29. The Labute approximate surface area is 133 Å². The van der Waals surface area contributed by atoms with Crippen molar-refractivity contribution in [3.8, 4) is 0 Å². The zero-order chi connectivity index (χ0) is 15.1. The molecule has 2 rings (SSSR count). The van der Waals surface area contributed by atoms with Crippen molar-refractivity contribution in [1.29, 1.82) is 0 Å². The molecule has 0 saturated heterocycles. The Kier molecular flexibility index (Phi) is 7.34. The molecule has 0 unspecified atom stereocenters. The lowest BCUT2D eigenvalue weighted by atomic mass is 9.77. The predicted octanol–water partition coefficient (Wildman–Crippen LogP) is 7.15. The molecule has 2 saturated carbocycles. The topological polar surface area (TPSA) is 0 Å². The van der Waals surface area contributed by atoms with Gasteiger partial charge in [-0.3, -0.25) is 0 Å². The van der Waals surface area contributed by atoms with E-state index in [1.807, 2.05) is 0 Å². The quantitative estimate of drug-likeness (QED) is 0.456. The Morgan fingerprint density at radius 3 is 2.05 bits per heavy atom. The summed E-state index contributed by atoms with van der Waals surface area (Å²) in [6, 6.07) is 0. The highest BCUT2D eigenvalue weighted by Crippen LogP contribution is 2.35. The first-order valence-electron chi connectivity index (χ1n) is 9.83. The summed E-state index contributed by atoms with van der Waals surface area (Å²) >= 11 is 0. The fourth-order valence-electron chi connectivity index (χ4n) is 4.60. The van der Waals surface area contributed by atoms with Crippen LogP contribution in [0.1, 0.15) is 97.8 Å². The molecule has 0 amide bonds. The average molecular weight is 291 g/mol. The summed E-state index contributed by atoms with van der Waals surface area (Å²) in [5, 5.41) is 0. The molecule has 122 valence electrons. The highest BCUT2D eigenvalue weighted by atomic mass is 14.3. The minimum absolute atomic E-state index is 0.990. The van der Waals surface area contributed by atoms with Gasteiger partial charge < -0.3 is 0 Å². The van der Waals surface area contributed by atoms with E-state index in [0.29, 0.717) is 0 Å². The van der Waals surface area contributed by atoms with Crippen LogP contribution in [0.2, 0.25) is 0 Å². The van der Waals surface area contributed by atoms with E-state index in [-0.39, 0.29) is 0 Å². The molecule has 0 aromatic heterocycles. The molecule has 0 heterocycles. The largest absolute Gasteiger partial charge is 0.0853 e. The van der Waals surface area contributed by atoms with Crippen LogP contribution in [0.4, 0.5) is 0 Å². The lowest BCUT2D eigenvalue weighted by Crippen LogP contribution is -2.15. The monoisotopic (exact) mass is 290 g/mol. The van der Waals surface area contributed by atoms with Crippen LogP contribution in [0.5, 0.6) is 0 Å². The lowest BCUT2D eigenvalue weighted by Gasteiger charge is -2.29. The Morgan fingerprint density at radius 1 is 0.857 bits per heavy atom. The maximum Gasteiger partial charge on any atom is -0.0295 e. The van der Waals surface area contributed by atoms with Gasteiger partial charge in [0.25, 0.3) is 0 Å². The van der Waals surface area contributed by atoms with E-state index in [1.54, 1.807) is 5.57 Å². The van der Waals surface area contributed by atoms with Crippen LogP contribution in [0.25, 0.3) is 0 Å². The highest BCUT2D eigenvalue weighted by Gasteiger charge is 2.21. The van der Waals surface area contributed by atoms with Gasteiger partial charge in [-0.25, -0.2) is 0 Å². The van der Waals surface area contributed by atoms with Crippen LogP contribution in [0.3, 0.4) is 0 Å². The van der Waals surface area contributed by atoms with Gasteiger partial charge in [0.2, 0.25) is 0 Å². The molecule has 21 heavy (non-hydrogen) atoms. The van der Waals surface area contributed by atoms with Crippen molar-refractivity contribution >= 4 is 0 Å². The summed E-state index contributed by atoms with van der Waals surface area (Å²) in [5.41, 5.74) is 1.69. The van der Waals surface area contributed by atoms with Gasteiger partial charge in [-0.2, -0.15) is 0 Å². The Balaban J connectivity index is 1.65. The lowest BCUT2D eigenvalue weighted by molar-refractivity contribution is 0.260. The maximum atomic E-state index is 2.60.